The number of benzene rings is 1. The summed E-state index contributed by atoms with van der Waals surface area (Å²) >= 11 is 0. The Balaban J connectivity index is 1.37. The first-order valence-electron chi connectivity index (χ1n) is 9.24. The highest BCUT2D eigenvalue weighted by molar-refractivity contribution is 5.78. The molecule has 1 saturated heterocycles. The number of piperidine rings is 1. The molecular weight excluding hydrogens is 300 g/mol. The second-order valence-electron chi connectivity index (χ2n) is 7.26. The molecule has 0 spiro atoms. The van der Waals surface area contributed by atoms with Crippen LogP contribution in [0.4, 0.5) is 0 Å². The highest BCUT2D eigenvalue weighted by atomic mass is 16.2. The molecule has 2 aromatic rings. The molecule has 1 aliphatic heterocycles. The predicted molar refractivity (Wildman–Crippen MR) is 94.9 cm³/mol. The van der Waals surface area contributed by atoms with Gasteiger partial charge in [0, 0.05) is 18.5 Å². The van der Waals surface area contributed by atoms with Gasteiger partial charge in [0.15, 0.2) is 0 Å². The lowest BCUT2D eigenvalue weighted by Crippen LogP contribution is -2.44. The fourth-order valence-corrected chi connectivity index (χ4v) is 4.13. The SMILES string of the molecule is O=C(CN1CCC[C@H](c2nc3ccccc3[nH]2)C1)NC1CCCC1. The van der Waals surface area contributed by atoms with E-state index in [-0.39, 0.29) is 5.91 Å². The number of hydrogen-bond acceptors (Lipinski definition) is 3. The molecule has 0 radical (unpaired) electrons. The summed E-state index contributed by atoms with van der Waals surface area (Å²) in [6.07, 6.45) is 7.06. The number of imidazole rings is 1. The first-order valence-corrected chi connectivity index (χ1v) is 9.24. The van der Waals surface area contributed by atoms with Crippen molar-refractivity contribution in [3.8, 4) is 0 Å². The lowest BCUT2D eigenvalue weighted by Gasteiger charge is -2.31. The van der Waals surface area contributed by atoms with Crippen molar-refractivity contribution in [2.45, 2.75) is 50.5 Å². The van der Waals surface area contributed by atoms with Crippen molar-refractivity contribution in [1.82, 2.24) is 20.2 Å². The maximum absolute atomic E-state index is 12.3. The van der Waals surface area contributed by atoms with Crippen LogP contribution in [0.2, 0.25) is 0 Å². The maximum atomic E-state index is 12.3. The number of nitrogens with one attached hydrogen (secondary N) is 2. The molecule has 2 aliphatic rings. The van der Waals surface area contributed by atoms with E-state index in [2.05, 4.69) is 21.3 Å². The first kappa shape index (κ1) is 15.6. The number of likely N-dealkylation sites (tertiary alicyclic amines) is 1. The minimum atomic E-state index is 0.187. The summed E-state index contributed by atoms with van der Waals surface area (Å²) in [6, 6.07) is 8.58. The Hall–Kier alpha value is -1.88. The molecule has 2 fully saturated rings. The van der Waals surface area contributed by atoms with Gasteiger partial charge < -0.3 is 10.3 Å². The molecule has 2 N–H and O–H groups in total. The quantitative estimate of drug-likeness (QED) is 0.908. The smallest absolute Gasteiger partial charge is 0.234 e. The zero-order valence-corrected chi connectivity index (χ0v) is 14.1. The van der Waals surface area contributed by atoms with Gasteiger partial charge in [0.25, 0.3) is 0 Å². The van der Waals surface area contributed by atoms with E-state index in [1.165, 1.54) is 12.8 Å². The number of fused-ring (bicyclic) bond motifs is 1. The number of nitrogens with zero attached hydrogens (tertiary/aromatic N) is 2. The van der Waals surface area contributed by atoms with Gasteiger partial charge in [-0.25, -0.2) is 4.98 Å². The topological polar surface area (TPSA) is 61.0 Å². The number of carbonyl (C=O) groups is 1. The van der Waals surface area contributed by atoms with Crippen LogP contribution in [0, 0.1) is 0 Å². The van der Waals surface area contributed by atoms with Crippen LogP contribution in [0.5, 0.6) is 0 Å². The molecule has 24 heavy (non-hydrogen) atoms. The van der Waals surface area contributed by atoms with Gasteiger partial charge in [0.05, 0.1) is 17.6 Å². The molecule has 4 rings (SSSR count). The number of H-pyrrole nitrogens is 1. The molecule has 128 valence electrons. The fourth-order valence-electron chi connectivity index (χ4n) is 4.13. The minimum absolute atomic E-state index is 0.187. The van der Waals surface area contributed by atoms with Crippen LogP contribution >= 0.6 is 0 Å². The molecule has 1 aliphatic carbocycles. The summed E-state index contributed by atoms with van der Waals surface area (Å²) < 4.78 is 0. The number of amides is 1. The van der Waals surface area contributed by atoms with Crippen molar-refractivity contribution in [1.29, 1.82) is 0 Å². The van der Waals surface area contributed by atoms with Crippen LogP contribution in [0.25, 0.3) is 11.0 Å². The number of para-hydroxylation sites is 2. The normalized spacial score (nSPS) is 22.9. The van der Waals surface area contributed by atoms with Crippen molar-refractivity contribution in [2.24, 2.45) is 0 Å². The van der Waals surface area contributed by atoms with E-state index in [0.717, 1.165) is 55.6 Å². The average Bonchev–Trinajstić information content (AvgIpc) is 3.24. The van der Waals surface area contributed by atoms with Gasteiger partial charge in [-0.15, -0.1) is 0 Å². The molecule has 2 heterocycles. The zero-order chi connectivity index (χ0) is 16.4. The fraction of sp³-hybridized carbons (Fsp3) is 0.579. The van der Waals surface area contributed by atoms with Gasteiger partial charge in [-0.2, -0.15) is 0 Å². The van der Waals surface area contributed by atoms with Crippen LogP contribution in [0.15, 0.2) is 24.3 Å². The van der Waals surface area contributed by atoms with Crippen LogP contribution in [-0.2, 0) is 4.79 Å². The van der Waals surface area contributed by atoms with Crippen LogP contribution in [0.3, 0.4) is 0 Å². The molecule has 0 unspecified atom stereocenters. The second kappa shape index (κ2) is 6.93. The minimum Gasteiger partial charge on any atom is -0.352 e. The van der Waals surface area contributed by atoms with Gasteiger partial charge in [0.2, 0.25) is 5.91 Å². The summed E-state index contributed by atoms with van der Waals surface area (Å²) in [7, 11) is 0. The Labute approximate surface area is 142 Å². The first-order chi connectivity index (χ1) is 11.8. The van der Waals surface area contributed by atoms with Crippen LogP contribution in [-0.4, -0.2) is 46.5 Å². The number of hydrogen-bond donors (Lipinski definition) is 2. The number of aromatic nitrogens is 2. The Morgan fingerprint density at radius 2 is 2.04 bits per heavy atom. The monoisotopic (exact) mass is 326 g/mol. The second-order valence-corrected chi connectivity index (χ2v) is 7.26. The van der Waals surface area contributed by atoms with Gasteiger partial charge >= 0.3 is 0 Å². The summed E-state index contributed by atoms with van der Waals surface area (Å²) in [6.45, 7) is 2.44. The van der Waals surface area contributed by atoms with Gasteiger partial charge in [0.1, 0.15) is 5.82 Å². The van der Waals surface area contributed by atoms with E-state index in [4.69, 9.17) is 4.98 Å². The lowest BCUT2D eigenvalue weighted by molar-refractivity contribution is -0.123. The maximum Gasteiger partial charge on any atom is 0.234 e. The van der Waals surface area contributed by atoms with E-state index in [0.29, 0.717) is 18.5 Å². The van der Waals surface area contributed by atoms with E-state index in [1.54, 1.807) is 0 Å². The molecule has 5 nitrogen and oxygen atoms in total. The van der Waals surface area contributed by atoms with Gasteiger partial charge in [-0.3, -0.25) is 9.69 Å². The molecule has 1 aromatic carbocycles. The molecule has 1 amide bonds. The molecular formula is C19H26N4O. The third-order valence-electron chi connectivity index (χ3n) is 5.39. The Morgan fingerprint density at radius 3 is 2.88 bits per heavy atom. The zero-order valence-electron chi connectivity index (χ0n) is 14.1. The number of rotatable bonds is 4. The molecule has 1 atom stereocenters. The molecule has 1 aromatic heterocycles. The number of aromatic amines is 1. The summed E-state index contributed by atoms with van der Waals surface area (Å²) in [5.41, 5.74) is 2.13. The summed E-state index contributed by atoms with van der Waals surface area (Å²) in [5.74, 6) is 1.65. The van der Waals surface area contributed by atoms with E-state index in [1.807, 2.05) is 18.2 Å². The van der Waals surface area contributed by atoms with E-state index >= 15 is 0 Å². The van der Waals surface area contributed by atoms with E-state index < -0.39 is 0 Å². The van der Waals surface area contributed by atoms with Gasteiger partial charge in [-0.1, -0.05) is 25.0 Å². The van der Waals surface area contributed by atoms with Crippen molar-refractivity contribution in [3.63, 3.8) is 0 Å². The Bertz CT molecular complexity index is 671. The standard InChI is InChI=1S/C19H26N4O/c24-18(20-15-7-1-2-8-15)13-23-11-5-6-14(12-23)19-21-16-9-3-4-10-17(16)22-19/h3-4,9-10,14-15H,1-2,5-8,11-13H2,(H,20,24)(H,21,22)/t14-/m0/s1. The highest BCUT2D eigenvalue weighted by Gasteiger charge is 2.26. The van der Waals surface area contributed by atoms with E-state index in [9.17, 15) is 4.79 Å². The van der Waals surface area contributed by atoms with Gasteiger partial charge in [-0.05, 0) is 44.4 Å². The van der Waals surface area contributed by atoms with Crippen molar-refractivity contribution < 1.29 is 4.79 Å². The van der Waals surface area contributed by atoms with Crippen molar-refractivity contribution in [2.75, 3.05) is 19.6 Å². The van der Waals surface area contributed by atoms with Crippen molar-refractivity contribution >= 4 is 16.9 Å². The lowest BCUT2D eigenvalue weighted by atomic mass is 9.97. The Kier molecular flexibility index (Phi) is 4.52. The third kappa shape index (κ3) is 3.46. The van der Waals surface area contributed by atoms with Crippen LogP contribution in [0.1, 0.15) is 50.3 Å². The third-order valence-corrected chi connectivity index (χ3v) is 5.39. The summed E-state index contributed by atoms with van der Waals surface area (Å²) in [5, 5.41) is 3.20. The average molecular weight is 326 g/mol. The highest BCUT2D eigenvalue weighted by Crippen LogP contribution is 2.26. The predicted octanol–water partition coefficient (Wildman–Crippen LogP) is 2.80. The van der Waals surface area contributed by atoms with Crippen LogP contribution < -0.4 is 5.32 Å². The summed E-state index contributed by atoms with van der Waals surface area (Å²) in [4.78, 5) is 22.8. The largest absolute Gasteiger partial charge is 0.352 e. The molecule has 1 saturated carbocycles. The molecule has 0 bridgehead atoms. The van der Waals surface area contributed by atoms with Crippen molar-refractivity contribution in [3.05, 3.63) is 30.1 Å². The molecule has 5 heteroatoms. The number of carbonyl (C=O) groups excluding carboxylic acids is 1. The Morgan fingerprint density at radius 1 is 1.21 bits per heavy atom.